The maximum absolute atomic E-state index is 12.1. The van der Waals surface area contributed by atoms with Gasteiger partial charge in [-0.3, -0.25) is 9.78 Å². The van der Waals surface area contributed by atoms with Crippen molar-refractivity contribution >= 4 is 17.4 Å². The van der Waals surface area contributed by atoms with E-state index in [9.17, 15) is 4.79 Å². The molecule has 0 spiro atoms. The molecule has 2 aliphatic rings. The van der Waals surface area contributed by atoms with Gasteiger partial charge in [-0.05, 0) is 55.9 Å². The highest BCUT2D eigenvalue weighted by atomic mass is 16.2. The number of allylic oxidation sites excluding steroid dienone is 2. The zero-order chi connectivity index (χ0) is 20.2. The molecule has 7 nitrogen and oxygen atoms in total. The van der Waals surface area contributed by atoms with Crippen LogP contribution in [0.3, 0.4) is 0 Å². The Morgan fingerprint density at radius 2 is 2.10 bits per heavy atom. The Morgan fingerprint density at radius 1 is 1.21 bits per heavy atom. The highest BCUT2D eigenvalue weighted by molar-refractivity contribution is 6.10. The first-order valence-electron chi connectivity index (χ1n) is 9.99. The second-order valence-electron chi connectivity index (χ2n) is 7.58. The van der Waals surface area contributed by atoms with Crippen LogP contribution in [0.2, 0.25) is 0 Å². The van der Waals surface area contributed by atoms with E-state index >= 15 is 0 Å². The molecule has 1 amide bonds. The average Bonchev–Trinajstić information content (AvgIpc) is 3.22. The summed E-state index contributed by atoms with van der Waals surface area (Å²) in [6.07, 6.45) is 10.2. The topological polar surface area (TPSA) is 84.6 Å². The van der Waals surface area contributed by atoms with E-state index in [0.29, 0.717) is 5.56 Å². The fraction of sp³-hybridized carbons (Fsp3) is 0.364. The minimum atomic E-state index is -0.0777. The highest BCUT2D eigenvalue weighted by Gasteiger charge is 2.16. The number of nitrogens with one attached hydrogen (secondary N) is 1. The summed E-state index contributed by atoms with van der Waals surface area (Å²) in [6.45, 7) is 1.01. The van der Waals surface area contributed by atoms with Crippen LogP contribution >= 0.6 is 0 Å². The molecule has 7 heteroatoms. The number of carbonyl (C=O) groups is 1. The summed E-state index contributed by atoms with van der Waals surface area (Å²) in [5, 5.41) is 7.66. The van der Waals surface area contributed by atoms with Gasteiger partial charge in [-0.1, -0.05) is 6.07 Å². The van der Waals surface area contributed by atoms with Crippen LogP contribution in [0.4, 0.5) is 5.82 Å². The molecule has 4 rings (SSSR count). The van der Waals surface area contributed by atoms with Crippen LogP contribution in [0.1, 0.15) is 46.4 Å². The summed E-state index contributed by atoms with van der Waals surface area (Å²) in [5.74, 6) is 0.968. The van der Waals surface area contributed by atoms with Gasteiger partial charge in [0.25, 0.3) is 5.91 Å². The van der Waals surface area contributed by atoms with Gasteiger partial charge in [-0.15, -0.1) is 0 Å². The summed E-state index contributed by atoms with van der Waals surface area (Å²) in [4.78, 5) is 22.6. The number of hydrogen-bond donors (Lipinski definition) is 1. The lowest BCUT2D eigenvalue weighted by Crippen LogP contribution is -2.22. The van der Waals surface area contributed by atoms with Gasteiger partial charge in [0.2, 0.25) is 0 Å². The van der Waals surface area contributed by atoms with E-state index < -0.39 is 0 Å². The Labute approximate surface area is 170 Å². The molecule has 0 atom stereocenters. The Balaban J connectivity index is 1.35. The third-order valence-electron chi connectivity index (χ3n) is 5.09. The van der Waals surface area contributed by atoms with Crippen molar-refractivity contribution in [3.05, 3.63) is 64.8 Å². The molecule has 0 fully saturated rings. The number of anilines is 1. The molecule has 0 aliphatic carbocycles. The van der Waals surface area contributed by atoms with Crippen molar-refractivity contribution in [2.75, 3.05) is 26.0 Å². The van der Waals surface area contributed by atoms with Crippen LogP contribution in [-0.4, -0.2) is 47.1 Å². The minimum Gasteiger partial charge on any atom is -0.370 e. The van der Waals surface area contributed by atoms with Crippen molar-refractivity contribution < 1.29 is 4.79 Å². The lowest BCUT2D eigenvalue weighted by Gasteiger charge is -2.17. The molecule has 0 aromatic carbocycles. The van der Waals surface area contributed by atoms with Crippen LogP contribution in [0.5, 0.6) is 0 Å². The van der Waals surface area contributed by atoms with Gasteiger partial charge in [0, 0.05) is 44.3 Å². The summed E-state index contributed by atoms with van der Waals surface area (Å²) < 4.78 is 0. The third-order valence-corrected chi connectivity index (χ3v) is 5.09. The molecule has 29 heavy (non-hydrogen) atoms. The second kappa shape index (κ2) is 8.43. The van der Waals surface area contributed by atoms with Crippen molar-refractivity contribution in [2.45, 2.75) is 32.1 Å². The van der Waals surface area contributed by atoms with Gasteiger partial charge < -0.3 is 10.2 Å². The number of carbonyl (C=O) groups excluding carboxylic acids is 1. The second-order valence-corrected chi connectivity index (χ2v) is 7.58. The van der Waals surface area contributed by atoms with Crippen molar-refractivity contribution in [3.63, 3.8) is 0 Å². The van der Waals surface area contributed by atoms with Gasteiger partial charge in [0.15, 0.2) is 0 Å². The van der Waals surface area contributed by atoms with Gasteiger partial charge in [0.1, 0.15) is 5.82 Å². The molecule has 149 valence electrons. The number of aromatic nitrogens is 2. The number of aryl methyl sites for hydroxylation is 2. The summed E-state index contributed by atoms with van der Waals surface area (Å²) >= 11 is 0. The fourth-order valence-electron chi connectivity index (χ4n) is 3.51. The van der Waals surface area contributed by atoms with E-state index in [1.54, 1.807) is 26.5 Å². The largest absolute Gasteiger partial charge is 0.370 e. The molecular weight excluding hydrogens is 364 g/mol. The van der Waals surface area contributed by atoms with E-state index in [1.165, 1.54) is 16.9 Å². The van der Waals surface area contributed by atoms with Gasteiger partial charge in [-0.2, -0.15) is 10.5 Å². The number of amides is 1. The lowest BCUT2D eigenvalue weighted by atomic mass is 10.0. The molecule has 2 aliphatic heterocycles. The van der Waals surface area contributed by atoms with Gasteiger partial charge in [-0.25, -0.2) is 4.98 Å². The Morgan fingerprint density at radius 3 is 2.97 bits per heavy atom. The summed E-state index contributed by atoms with van der Waals surface area (Å²) in [7, 11) is 3.45. The van der Waals surface area contributed by atoms with E-state index in [4.69, 9.17) is 4.98 Å². The summed E-state index contributed by atoms with van der Waals surface area (Å²) in [5.41, 5.74) is 9.76. The molecule has 1 N–H and O–H groups in total. The van der Waals surface area contributed by atoms with Gasteiger partial charge in [0.05, 0.1) is 17.0 Å². The minimum absolute atomic E-state index is 0.0777. The van der Waals surface area contributed by atoms with Crippen LogP contribution in [0.15, 0.2) is 47.5 Å². The zero-order valence-electron chi connectivity index (χ0n) is 16.9. The first kappa shape index (κ1) is 19.1. The first-order valence-corrected chi connectivity index (χ1v) is 9.99. The number of pyridine rings is 2. The van der Waals surface area contributed by atoms with Crippen molar-refractivity contribution in [3.8, 4) is 0 Å². The Bertz CT molecular complexity index is 979. The van der Waals surface area contributed by atoms with Crippen LogP contribution in [0, 0.1) is 0 Å². The number of rotatable bonds is 6. The fourth-order valence-corrected chi connectivity index (χ4v) is 3.51. The smallest absolute Gasteiger partial charge is 0.254 e. The average molecular weight is 389 g/mol. The lowest BCUT2D eigenvalue weighted by molar-refractivity contribution is 0.0827. The van der Waals surface area contributed by atoms with E-state index in [-0.39, 0.29) is 5.91 Å². The van der Waals surface area contributed by atoms with Crippen molar-refractivity contribution in [1.29, 1.82) is 0 Å². The molecule has 1 radical (unpaired) electrons. The molecule has 0 bridgehead atoms. The number of fused-ring (bicyclic) bond motifs is 1. The SMILES string of the molecule is CN(C)C(=O)c1cncc(C2=N[N]C(CCCc3ccc4c(n3)NCCC4)=C2)c1. The first-order chi connectivity index (χ1) is 14.1. The zero-order valence-corrected chi connectivity index (χ0v) is 16.9. The number of hydrogen-bond acceptors (Lipinski definition) is 5. The predicted octanol–water partition coefficient (Wildman–Crippen LogP) is 2.77. The molecular formula is C22H25N6O. The van der Waals surface area contributed by atoms with Crippen molar-refractivity contribution in [1.82, 2.24) is 20.3 Å². The molecule has 0 unspecified atom stereocenters. The van der Waals surface area contributed by atoms with E-state index in [2.05, 4.69) is 33.0 Å². The van der Waals surface area contributed by atoms with E-state index in [1.807, 2.05) is 12.1 Å². The maximum atomic E-state index is 12.1. The monoisotopic (exact) mass is 389 g/mol. The van der Waals surface area contributed by atoms with Crippen LogP contribution in [-0.2, 0) is 12.8 Å². The molecule has 2 aromatic heterocycles. The molecule has 2 aromatic rings. The third kappa shape index (κ3) is 4.45. The standard InChI is InChI=1S/C22H25N6O/c1-28(2)22(29)17-11-16(13-23-14-17)20-12-19(26-27-20)7-3-6-18-9-8-15-5-4-10-24-21(15)25-18/h8-9,11-14H,3-7,10H2,1-2H3,(H,24,25). The summed E-state index contributed by atoms with van der Waals surface area (Å²) in [6, 6.07) is 6.14. The molecule has 4 heterocycles. The number of nitrogens with zero attached hydrogens (tertiary/aromatic N) is 5. The molecule has 0 saturated heterocycles. The van der Waals surface area contributed by atoms with E-state index in [0.717, 1.165) is 60.7 Å². The maximum Gasteiger partial charge on any atom is 0.254 e. The predicted molar refractivity (Wildman–Crippen MR) is 113 cm³/mol. The quantitative estimate of drug-likeness (QED) is 0.823. The Hall–Kier alpha value is -3.22. The van der Waals surface area contributed by atoms with Crippen LogP contribution in [0.25, 0.3) is 0 Å². The Kier molecular flexibility index (Phi) is 5.55. The van der Waals surface area contributed by atoms with Gasteiger partial charge >= 0.3 is 0 Å². The highest BCUT2D eigenvalue weighted by Crippen LogP contribution is 2.21. The van der Waals surface area contributed by atoms with Crippen LogP contribution < -0.4 is 10.7 Å². The normalized spacial score (nSPS) is 15.0. The van der Waals surface area contributed by atoms with Crippen molar-refractivity contribution in [2.24, 2.45) is 5.10 Å². The molecule has 0 saturated carbocycles.